The first-order valence-corrected chi connectivity index (χ1v) is 20.6. The molecule has 0 aliphatic rings. The molecule has 260 valence electrons. The summed E-state index contributed by atoms with van der Waals surface area (Å²) in [4.78, 5) is 5.46. The van der Waals surface area contributed by atoms with E-state index >= 15 is 0 Å². The van der Waals surface area contributed by atoms with Crippen molar-refractivity contribution in [2.45, 2.75) is 117 Å². The van der Waals surface area contributed by atoms with Crippen LogP contribution in [0.5, 0.6) is 0 Å². The third kappa shape index (κ3) is 14.9. The standard InChI is InChI=1S/C44H60O2S2/c1-3-5-7-9-11-13-15-33-45-35-31-41-27-29-43(47-41)39-23-19-37(20-24-39)17-18-38-21-25-40(26-22-38)44-30-28-42(48-44)32-36-46-34-16-14-12-10-8-6-4-2/h17-30H,3-16,31-36H2,1-2H3. The Morgan fingerprint density at radius 2 is 0.792 bits per heavy atom. The van der Waals surface area contributed by atoms with Crippen molar-refractivity contribution in [3.63, 3.8) is 0 Å². The SMILES string of the molecule is CCCCCCCCCOCCc1ccc(-c2ccc(C=Cc3ccc(-c4ccc(CCOCCCCCCCCC)s4)cc3)cc2)s1. The molecule has 4 heteroatoms. The monoisotopic (exact) mass is 684 g/mol. The van der Waals surface area contributed by atoms with E-state index in [1.807, 2.05) is 22.7 Å². The van der Waals surface area contributed by atoms with Crippen LogP contribution in [0.25, 0.3) is 33.0 Å². The van der Waals surface area contributed by atoms with Crippen LogP contribution in [0, 0.1) is 0 Å². The maximum atomic E-state index is 5.92. The Morgan fingerprint density at radius 3 is 1.19 bits per heavy atom. The molecular formula is C44H60O2S2. The molecule has 0 spiro atoms. The first-order valence-electron chi connectivity index (χ1n) is 19.0. The molecule has 0 atom stereocenters. The lowest BCUT2D eigenvalue weighted by Gasteiger charge is -2.04. The lowest BCUT2D eigenvalue weighted by atomic mass is 10.1. The van der Waals surface area contributed by atoms with E-state index in [2.05, 4.69) is 98.8 Å². The summed E-state index contributed by atoms with van der Waals surface area (Å²) in [7, 11) is 0. The van der Waals surface area contributed by atoms with Crippen LogP contribution in [0.2, 0.25) is 0 Å². The van der Waals surface area contributed by atoms with Gasteiger partial charge in [0.25, 0.3) is 0 Å². The third-order valence-electron chi connectivity index (χ3n) is 8.95. The van der Waals surface area contributed by atoms with Gasteiger partial charge in [0.1, 0.15) is 0 Å². The summed E-state index contributed by atoms with van der Waals surface area (Å²) in [6, 6.07) is 26.9. The summed E-state index contributed by atoms with van der Waals surface area (Å²) >= 11 is 3.78. The average molecular weight is 685 g/mol. The fraction of sp³-hybridized carbons (Fsp3) is 0.500. The number of ether oxygens (including phenoxy) is 2. The van der Waals surface area contributed by atoms with Gasteiger partial charge in [0.05, 0.1) is 13.2 Å². The first kappa shape index (κ1) is 38.3. The molecule has 2 aromatic carbocycles. The summed E-state index contributed by atoms with van der Waals surface area (Å²) in [5.41, 5.74) is 5.00. The van der Waals surface area contributed by atoms with Gasteiger partial charge < -0.3 is 9.47 Å². The van der Waals surface area contributed by atoms with Crippen molar-refractivity contribution >= 4 is 34.8 Å². The van der Waals surface area contributed by atoms with Crippen molar-refractivity contribution in [3.05, 3.63) is 93.7 Å². The Balaban J connectivity index is 1.12. The van der Waals surface area contributed by atoms with Crippen LogP contribution < -0.4 is 0 Å². The van der Waals surface area contributed by atoms with Crippen LogP contribution in [0.1, 0.15) is 125 Å². The van der Waals surface area contributed by atoms with Crippen molar-refractivity contribution in [2.24, 2.45) is 0 Å². The normalized spacial score (nSPS) is 11.6. The van der Waals surface area contributed by atoms with Crippen LogP contribution in [0.3, 0.4) is 0 Å². The van der Waals surface area contributed by atoms with Crippen LogP contribution in [0.15, 0.2) is 72.8 Å². The van der Waals surface area contributed by atoms with Gasteiger partial charge in [-0.05, 0) is 59.4 Å². The van der Waals surface area contributed by atoms with E-state index in [9.17, 15) is 0 Å². The highest BCUT2D eigenvalue weighted by molar-refractivity contribution is 7.15. The molecule has 48 heavy (non-hydrogen) atoms. The molecule has 2 aromatic heterocycles. The molecule has 0 fully saturated rings. The van der Waals surface area contributed by atoms with Crippen molar-refractivity contribution in [2.75, 3.05) is 26.4 Å². The van der Waals surface area contributed by atoms with E-state index in [1.54, 1.807) is 0 Å². The molecule has 2 heterocycles. The minimum atomic E-state index is 0.823. The Hall–Kier alpha value is -2.50. The van der Waals surface area contributed by atoms with E-state index in [0.717, 1.165) is 39.3 Å². The largest absolute Gasteiger partial charge is 0.381 e. The van der Waals surface area contributed by atoms with Gasteiger partial charge in [0.15, 0.2) is 0 Å². The predicted molar refractivity (Wildman–Crippen MR) is 213 cm³/mol. The smallest absolute Gasteiger partial charge is 0.0514 e. The zero-order valence-electron chi connectivity index (χ0n) is 29.9. The molecule has 0 aliphatic heterocycles. The molecule has 0 amide bonds. The highest BCUT2D eigenvalue weighted by Gasteiger charge is 2.05. The molecule has 0 aliphatic carbocycles. The number of hydrogen-bond acceptors (Lipinski definition) is 4. The molecule has 4 aromatic rings. The molecule has 0 saturated carbocycles. The van der Waals surface area contributed by atoms with Crippen LogP contribution in [-0.4, -0.2) is 26.4 Å². The second-order valence-corrected chi connectivity index (χ2v) is 15.4. The van der Waals surface area contributed by atoms with Gasteiger partial charge in [0, 0.05) is 45.6 Å². The van der Waals surface area contributed by atoms with Gasteiger partial charge in [-0.3, -0.25) is 0 Å². The summed E-state index contributed by atoms with van der Waals surface area (Å²) in [6.07, 6.45) is 25.1. The molecule has 2 nitrogen and oxygen atoms in total. The zero-order chi connectivity index (χ0) is 33.5. The second kappa shape index (κ2) is 23.8. The Kier molecular flexibility index (Phi) is 19.0. The maximum absolute atomic E-state index is 5.92. The highest BCUT2D eigenvalue weighted by atomic mass is 32.1. The lowest BCUT2D eigenvalue weighted by Crippen LogP contribution is -1.99. The Labute approximate surface area is 300 Å². The molecule has 0 saturated heterocycles. The van der Waals surface area contributed by atoms with Gasteiger partial charge in [-0.15, -0.1) is 22.7 Å². The van der Waals surface area contributed by atoms with E-state index in [1.165, 1.54) is 132 Å². The topological polar surface area (TPSA) is 18.5 Å². The minimum absolute atomic E-state index is 0.823. The summed E-state index contributed by atoms with van der Waals surface area (Å²) < 4.78 is 11.8. The number of unbranched alkanes of at least 4 members (excludes halogenated alkanes) is 12. The molecule has 0 radical (unpaired) electrons. The van der Waals surface area contributed by atoms with Crippen molar-refractivity contribution in [1.82, 2.24) is 0 Å². The number of benzene rings is 2. The van der Waals surface area contributed by atoms with Crippen molar-refractivity contribution < 1.29 is 9.47 Å². The summed E-state index contributed by atoms with van der Waals surface area (Å²) in [6.45, 7) is 7.99. The predicted octanol–water partition coefficient (Wildman–Crippen LogP) is 13.9. The average Bonchev–Trinajstić information content (AvgIpc) is 3.80. The molecule has 0 N–H and O–H groups in total. The number of thiophene rings is 2. The molecule has 0 bridgehead atoms. The third-order valence-corrected chi connectivity index (χ3v) is 11.3. The Morgan fingerprint density at radius 1 is 0.417 bits per heavy atom. The van der Waals surface area contributed by atoms with Crippen molar-refractivity contribution in [1.29, 1.82) is 0 Å². The Bertz CT molecular complexity index is 1290. The first-order chi connectivity index (χ1) is 23.7. The van der Waals surface area contributed by atoms with E-state index in [-0.39, 0.29) is 0 Å². The molecular weight excluding hydrogens is 625 g/mol. The van der Waals surface area contributed by atoms with Gasteiger partial charge in [0.2, 0.25) is 0 Å². The second-order valence-electron chi connectivity index (χ2n) is 13.1. The van der Waals surface area contributed by atoms with E-state index < -0.39 is 0 Å². The van der Waals surface area contributed by atoms with Gasteiger partial charge in [-0.25, -0.2) is 0 Å². The maximum Gasteiger partial charge on any atom is 0.0514 e. The highest BCUT2D eigenvalue weighted by Crippen LogP contribution is 2.30. The number of hydrogen-bond donors (Lipinski definition) is 0. The van der Waals surface area contributed by atoms with Crippen molar-refractivity contribution in [3.8, 4) is 20.9 Å². The van der Waals surface area contributed by atoms with Gasteiger partial charge >= 0.3 is 0 Å². The van der Waals surface area contributed by atoms with Crippen LogP contribution in [-0.2, 0) is 22.3 Å². The summed E-state index contributed by atoms with van der Waals surface area (Å²) in [5.74, 6) is 0. The summed E-state index contributed by atoms with van der Waals surface area (Å²) in [5, 5.41) is 0. The van der Waals surface area contributed by atoms with E-state index in [0.29, 0.717) is 0 Å². The van der Waals surface area contributed by atoms with Gasteiger partial charge in [-0.1, -0.05) is 152 Å². The van der Waals surface area contributed by atoms with Crippen LogP contribution >= 0.6 is 22.7 Å². The lowest BCUT2D eigenvalue weighted by molar-refractivity contribution is 0.133. The zero-order valence-corrected chi connectivity index (χ0v) is 31.5. The minimum Gasteiger partial charge on any atom is -0.381 e. The van der Waals surface area contributed by atoms with Crippen LogP contribution in [0.4, 0.5) is 0 Å². The fourth-order valence-electron chi connectivity index (χ4n) is 5.92. The quantitative estimate of drug-likeness (QED) is 0.0484. The molecule has 4 rings (SSSR count). The van der Waals surface area contributed by atoms with Gasteiger partial charge in [-0.2, -0.15) is 0 Å². The number of rotatable bonds is 26. The van der Waals surface area contributed by atoms with E-state index in [4.69, 9.17) is 9.47 Å². The molecule has 0 unspecified atom stereocenters. The fourth-order valence-corrected chi connectivity index (χ4v) is 7.90.